The Morgan fingerprint density at radius 1 is 1.50 bits per heavy atom. The molecule has 20 heavy (non-hydrogen) atoms. The number of nitrogens with zero attached hydrogens (tertiary/aromatic N) is 3. The fourth-order valence-electron chi connectivity index (χ4n) is 1.30. The van der Waals surface area contributed by atoms with Gasteiger partial charge in [0.2, 0.25) is 0 Å². The average molecular weight is 298 g/mol. The van der Waals surface area contributed by atoms with Crippen molar-refractivity contribution < 1.29 is 14.3 Å². The first-order valence-corrected chi connectivity index (χ1v) is 5.95. The summed E-state index contributed by atoms with van der Waals surface area (Å²) in [6.45, 7) is 0. The minimum absolute atomic E-state index is 0.0245. The summed E-state index contributed by atoms with van der Waals surface area (Å²) in [4.78, 5) is 40.1. The van der Waals surface area contributed by atoms with E-state index in [4.69, 9.17) is 5.11 Å². The second kappa shape index (κ2) is 5.25. The van der Waals surface area contributed by atoms with Gasteiger partial charge in [0.25, 0.3) is 0 Å². The number of nitrogens with one attached hydrogen (secondary N) is 1. The highest BCUT2D eigenvalue weighted by molar-refractivity contribution is 7.99. The summed E-state index contributed by atoms with van der Waals surface area (Å²) >= 11 is 0.628. The molecule has 2 heterocycles. The normalized spacial score (nSPS) is 10.5. The largest absolute Gasteiger partial charge is 0.478 e. The number of aromatic carboxylic acids is 1. The van der Waals surface area contributed by atoms with Crippen molar-refractivity contribution in [2.75, 3.05) is 0 Å². The molecule has 2 aromatic rings. The molecule has 2 N–H and O–H groups in total. The van der Waals surface area contributed by atoms with E-state index in [-0.39, 0.29) is 10.2 Å². The number of aromatic nitrogens is 4. The smallest absolute Gasteiger partial charge is 0.339 e. The number of aryl methyl sites for hydroxylation is 1. The Morgan fingerprint density at radius 3 is 2.85 bits per heavy atom. The summed E-state index contributed by atoms with van der Waals surface area (Å²) < 4.78 is 15.0. The van der Waals surface area contributed by atoms with Crippen molar-refractivity contribution in [1.82, 2.24) is 19.7 Å². The molecule has 0 aliphatic carbocycles. The van der Waals surface area contributed by atoms with Crippen LogP contribution in [0.4, 0.5) is 4.39 Å². The van der Waals surface area contributed by atoms with Crippen molar-refractivity contribution in [2.24, 2.45) is 7.05 Å². The Bertz CT molecular complexity index is 801. The Labute approximate surface area is 114 Å². The maximum atomic E-state index is 13.9. The van der Waals surface area contributed by atoms with Gasteiger partial charge in [0.1, 0.15) is 5.03 Å². The van der Waals surface area contributed by atoms with Gasteiger partial charge in [-0.3, -0.25) is 19.4 Å². The summed E-state index contributed by atoms with van der Waals surface area (Å²) in [5.41, 5.74) is -2.48. The second-order valence-electron chi connectivity index (χ2n) is 3.58. The topological polar surface area (TPSA) is 118 Å². The predicted molar refractivity (Wildman–Crippen MR) is 65.4 cm³/mol. The molecule has 0 bridgehead atoms. The van der Waals surface area contributed by atoms with Gasteiger partial charge in [-0.05, 0) is 17.8 Å². The molecule has 10 heteroatoms. The third-order valence-electron chi connectivity index (χ3n) is 2.22. The zero-order valence-corrected chi connectivity index (χ0v) is 10.8. The monoisotopic (exact) mass is 298 g/mol. The number of H-pyrrole nitrogens is 1. The zero-order valence-electron chi connectivity index (χ0n) is 9.95. The Balaban J connectivity index is 2.48. The molecular formula is C10H7FN4O4S. The van der Waals surface area contributed by atoms with E-state index in [0.717, 1.165) is 16.9 Å². The van der Waals surface area contributed by atoms with Crippen LogP contribution in [0.15, 0.2) is 32.0 Å². The standard InChI is InChI=1S/C10H7FN4O4S/c1-15-10(13-6(16)7(17)14-15)20-8-5(11)4(9(18)19)2-3-12-8/h2-3H,1H3,(H,14,17)(H,18,19). The highest BCUT2D eigenvalue weighted by Crippen LogP contribution is 2.26. The van der Waals surface area contributed by atoms with Gasteiger partial charge < -0.3 is 5.11 Å². The van der Waals surface area contributed by atoms with Crippen LogP contribution in [0, 0.1) is 5.82 Å². The second-order valence-corrected chi connectivity index (χ2v) is 4.54. The van der Waals surface area contributed by atoms with Crippen molar-refractivity contribution in [3.63, 3.8) is 0 Å². The third-order valence-corrected chi connectivity index (χ3v) is 3.25. The summed E-state index contributed by atoms with van der Waals surface area (Å²) in [6, 6.07) is 1.01. The average Bonchev–Trinajstić information content (AvgIpc) is 2.37. The van der Waals surface area contributed by atoms with Crippen LogP contribution in [0.1, 0.15) is 10.4 Å². The number of halogens is 1. The molecule has 0 spiro atoms. The highest BCUT2D eigenvalue weighted by Gasteiger charge is 2.17. The van der Waals surface area contributed by atoms with Crippen LogP contribution in [0.3, 0.4) is 0 Å². The first-order chi connectivity index (χ1) is 9.40. The van der Waals surface area contributed by atoms with Gasteiger partial charge in [-0.25, -0.2) is 14.2 Å². The minimum atomic E-state index is -1.44. The van der Waals surface area contributed by atoms with Crippen molar-refractivity contribution >= 4 is 17.7 Å². The molecule has 0 saturated heterocycles. The summed E-state index contributed by atoms with van der Waals surface area (Å²) in [7, 11) is 1.40. The molecule has 2 aromatic heterocycles. The fraction of sp³-hybridized carbons (Fsp3) is 0.100. The van der Waals surface area contributed by atoms with E-state index in [1.165, 1.54) is 7.05 Å². The lowest BCUT2D eigenvalue weighted by Gasteiger charge is -2.06. The Hall–Kier alpha value is -2.49. The molecule has 8 nitrogen and oxygen atoms in total. The number of rotatable bonds is 3. The van der Waals surface area contributed by atoms with Crippen LogP contribution >= 0.6 is 11.8 Å². The van der Waals surface area contributed by atoms with Crippen LogP contribution in [-0.2, 0) is 7.05 Å². The van der Waals surface area contributed by atoms with Crippen LogP contribution in [0.2, 0.25) is 0 Å². The summed E-state index contributed by atoms with van der Waals surface area (Å²) in [6.07, 6.45) is 1.12. The van der Waals surface area contributed by atoms with Gasteiger partial charge in [-0.1, -0.05) is 0 Å². The number of pyridine rings is 1. The van der Waals surface area contributed by atoms with Crippen molar-refractivity contribution in [1.29, 1.82) is 0 Å². The SMILES string of the molecule is Cn1[nH]c(=O)c(=O)nc1Sc1nccc(C(=O)O)c1F. The van der Waals surface area contributed by atoms with Crippen LogP contribution in [-0.4, -0.2) is 30.8 Å². The van der Waals surface area contributed by atoms with Crippen LogP contribution in [0.5, 0.6) is 0 Å². The van der Waals surface area contributed by atoms with E-state index >= 15 is 0 Å². The molecule has 104 valence electrons. The molecule has 0 aromatic carbocycles. The molecule has 0 unspecified atom stereocenters. The van der Waals surface area contributed by atoms with Gasteiger partial charge in [0.15, 0.2) is 11.0 Å². The lowest BCUT2D eigenvalue weighted by molar-refractivity contribution is 0.0691. The molecule has 0 aliphatic rings. The lowest BCUT2D eigenvalue weighted by Crippen LogP contribution is -2.33. The lowest BCUT2D eigenvalue weighted by atomic mass is 10.3. The van der Waals surface area contributed by atoms with E-state index in [1.54, 1.807) is 0 Å². The van der Waals surface area contributed by atoms with Gasteiger partial charge in [0, 0.05) is 13.2 Å². The van der Waals surface area contributed by atoms with E-state index < -0.39 is 28.5 Å². The molecule has 0 saturated carbocycles. The first kappa shape index (κ1) is 13.9. The van der Waals surface area contributed by atoms with Gasteiger partial charge in [-0.2, -0.15) is 4.98 Å². The summed E-state index contributed by atoms with van der Waals surface area (Å²) in [5.74, 6) is -2.47. The molecule has 0 amide bonds. The molecule has 0 fully saturated rings. The van der Waals surface area contributed by atoms with E-state index in [1.807, 2.05) is 0 Å². The third kappa shape index (κ3) is 2.59. The van der Waals surface area contributed by atoms with Crippen molar-refractivity contribution in [3.8, 4) is 0 Å². The van der Waals surface area contributed by atoms with E-state index in [0.29, 0.717) is 11.8 Å². The van der Waals surface area contributed by atoms with Crippen molar-refractivity contribution in [2.45, 2.75) is 10.2 Å². The van der Waals surface area contributed by atoms with Crippen LogP contribution < -0.4 is 11.1 Å². The predicted octanol–water partition coefficient (Wildman–Crippen LogP) is -0.148. The maximum absolute atomic E-state index is 13.9. The van der Waals surface area contributed by atoms with E-state index in [9.17, 15) is 18.8 Å². The highest BCUT2D eigenvalue weighted by atomic mass is 32.2. The number of carbonyl (C=O) groups is 1. The number of carboxylic acids is 1. The Morgan fingerprint density at radius 2 is 2.20 bits per heavy atom. The van der Waals surface area contributed by atoms with E-state index in [2.05, 4.69) is 15.1 Å². The number of hydrogen-bond donors (Lipinski definition) is 2. The zero-order chi connectivity index (χ0) is 14.9. The number of carboxylic acid groups (broad SMARTS) is 1. The number of aromatic amines is 1. The first-order valence-electron chi connectivity index (χ1n) is 5.13. The van der Waals surface area contributed by atoms with Gasteiger partial charge in [-0.15, -0.1) is 0 Å². The quantitative estimate of drug-likeness (QED) is 0.756. The molecule has 0 radical (unpaired) electrons. The fourth-order valence-corrected chi connectivity index (χ4v) is 2.10. The maximum Gasteiger partial charge on any atom is 0.339 e. The van der Waals surface area contributed by atoms with Crippen molar-refractivity contribution in [3.05, 3.63) is 44.4 Å². The molecule has 0 aliphatic heterocycles. The molecule has 2 rings (SSSR count). The molecular weight excluding hydrogens is 291 g/mol. The Kier molecular flexibility index (Phi) is 3.66. The minimum Gasteiger partial charge on any atom is -0.478 e. The van der Waals surface area contributed by atoms with Gasteiger partial charge >= 0.3 is 17.1 Å². The van der Waals surface area contributed by atoms with Crippen LogP contribution in [0.25, 0.3) is 0 Å². The summed E-state index contributed by atoms with van der Waals surface area (Å²) in [5, 5.41) is 10.7. The molecule has 0 atom stereocenters. The van der Waals surface area contributed by atoms with Gasteiger partial charge in [0.05, 0.1) is 5.56 Å². The number of hydrogen-bond acceptors (Lipinski definition) is 6.